The van der Waals surface area contributed by atoms with Crippen LogP contribution in [0.5, 0.6) is 0 Å². The normalized spacial score (nSPS) is 13.8. The maximum absolute atomic E-state index is 14.4. The summed E-state index contributed by atoms with van der Waals surface area (Å²) < 4.78 is 5.47. The lowest BCUT2D eigenvalue weighted by Crippen LogP contribution is -2.60. The number of rotatable bonds is 10. The molecule has 204 valence electrons. The van der Waals surface area contributed by atoms with E-state index in [2.05, 4.69) is 10.6 Å². The number of carbonyl (C=O) groups is 3. The minimum atomic E-state index is -0.857. The van der Waals surface area contributed by atoms with E-state index in [4.69, 9.17) is 4.74 Å². The molecule has 2 atom stereocenters. The molecule has 7 heteroatoms. The molecule has 0 heterocycles. The van der Waals surface area contributed by atoms with E-state index in [0.717, 1.165) is 16.7 Å². The fourth-order valence-corrected chi connectivity index (χ4v) is 4.07. The zero-order chi connectivity index (χ0) is 28.0. The van der Waals surface area contributed by atoms with E-state index in [1.165, 1.54) is 0 Å². The van der Waals surface area contributed by atoms with Gasteiger partial charge in [-0.1, -0.05) is 44.5 Å². The van der Waals surface area contributed by atoms with Crippen molar-refractivity contribution in [1.82, 2.24) is 15.5 Å². The van der Waals surface area contributed by atoms with Gasteiger partial charge in [0.15, 0.2) is 0 Å². The molecule has 0 radical (unpaired) electrons. The van der Waals surface area contributed by atoms with Crippen LogP contribution in [0.3, 0.4) is 0 Å². The van der Waals surface area contributed by atoms with Crippen LogP contribution in [0.15, 0.2) is 18.2 Å². The summed E-state index contributed by atoms with van der Waals surface area (Å²) in [6.07, 6.45) is 0.390. The molecule has 0 aliphatic carbocycles. The molecule has 0 spiro atoms. The largest absolute Gasteiger partial charge is 0.444 e. The zero-order valence-electron chi connectivity index (χ0n) is 24.5. The van der Waals surface area contributed by atoms with E-state index in [1.54, 1.807) is 25.7 Å². The van der Waals surface area contributed by atoms with Crippen molar-refractivity contribution in [1.29, 1.82) is 0 Å². The SMILES string of the molecule is CCC(C)(C)N(C(=O)C(CC(C)C)NC(=O)OC(C)(C)C)C(C(=O)NC(C)C)c1cc(C)ccc1C. The first-order valence-corrected chi connectivity index (χ1v) is 13.1. The van der Waals surface area contributed by atoms with Gasteiger partial charge in [0.1, 0.15) is 17.7 Å². The molecular formula is C29H49N3O4. The molecule has 1 rings (SSSR count). The van der Waals surface area contributed by atoms with Crippen molar-refractivity contribution in [2.75, 3.05) is 0 Å². The average Bonchev–Trinajstić information content (AvgIpc) is 2.70. The van der Waals surface area contributed by atoms with E-state index in [9.17, 15) is 14.4 Å². The molecule has 0 saturated carbocycles. The van der Waals surface area contributed by atoms with Gasteiger partial charge in [0.25, 0.3) is 0 Å². The zero-order valence-corrected chi connectivity index (χ0v) is 24.5. The highest BCUT2D eigenvalue weighted by Crippen LogP contribution is 2.34. The number of ether oxygens (including phenoxy) is 1. The van der Waals surface area contributed by atoms with E-state index >= 15 is 0 Å². The molecule has 1 aromatic rings. The molecule has 36 heavy (non-hydrogen) atoms. The van der Waals surface area contributed by atoms with Gasteiger partial charge in [0, 0.05) is 11.6 Å². The van der Waals surface area contributed by atoms with Gasteiger partial charge in [-0.3, -0.25) is 9.59 Å². The van der Waals surface area contributed by atoms with Gasteiger partial charge in [0.05, 0.1) is 0 Å². The topological polar surface area (TPSA) is 87.7 Å². The Morgan fingerprint density at radius 2 is 1.56 bits per heavy atom. The number of nitrogens with one attached hydrogen (secondary N) is 2. The second-order valence-corrected chi connectivity index (χ2v) is 12.1. The number of aryl methyl sites for hydroxylation is 2. The van der Waals surface area contributed by atoms with Crippen LogP contribution in [-0.4, -0.2) is 46.0 Å². The summed E-state index contributed by atoms with van der Waals surface area (Å²) in [7, 11) is 0. The van der Waals surface area contributed by atoms with E-state index in [0.29, 0.717) is 12.8 Å². The minimum absolute atomic E-state index is 0.0989. The van der Waals surface area contributed by atoms with Crippen LogP contribution in [0.25, 0.3) is 0 Å². The predicted octanol–water partition coefficient (Wildman–Crippen LogP) is 5.83. The fourth-order valence-electron chi connectivity index (χ4n) is 4.07. The first-order valence-electron chi connectivity index (χ1n) is 13.1. The Morgan fingerprint density at radius 1 is 0.972 bits per heavy atom. The Bertz CT molecular complexity index is 916. The van der Waals surface area contributed by atoms with Gasteiger partial charge >= 0.3 is 6.09 Å². The molecule has 0 aromatic heterocycles. The van der Waals surface area contributed by atoms with Crippen molar-refractivity contribution >= 4 is 17.9 Å². The van der Waals surface area contributed by atoms with Gasteiger partial charge in [-0.25, -0.2) is 4.79 Å². The molecule has 3 amide bonds. The standard InChI is InChI=1S/C29H49N3O4/c1-13-29(11,12)32(26(34)23(16-18(2)3)31-27(35)36-28(8,9)10)24(25(33)30-19(4)5)22-17-20(6)14-15-21(22)7/h14-15,17-19,23-24H,13,16H2,1-12H3,(H,30,33)(H,31,35). The van der Waals surface area contributed by atoms with Crippen LogP contribution < -0.4 is 10.6 Å². The minimum Gasteiger partial charge on any atom is -0.444 e. The third-order valence-corrected chi connectivity index (χ3v) is 6.12. The Labute approximate surface area is 218 Å². The number of hydrogen-bond donors (Lipinski definition) is 2. The fraction of sp³-hybridized carbons (Fsp3) is 0.690. The second kappa shape index (κ2) is 12.6. The number of benzene rings is 1. The van der Waals surface area contributed by atoms with Crippen LogP contribution in [0.1, 0.15) is 105 Å². The Balaban J connectivity index is 3.72. The highest BCUT2D eigenvalue weighted by molar-refractivity contribution is 5.93. The molecule has 0 saturated heterocycles. The molecule has 0 bridgehead atoms. The van der Waals surface area contributed by atoms with Crippen molar-refractivity contribution in [3.63, 3.8) is 0 Å². The van der Waals surface area contributed by atoms with Gasteiger partial charge in [-0.2, -0.15) is 0 Å². The summed E-state index contributed by atoms with van der Waals surface area (Å²) in [5.74, 6) is -0.413. The van der Waals surface area contributed by atoms with Gasteiger partial charge in [0.2, 0.25) is 11.8 Å². The van der Waals surface area contributed by atoms with E-state index in [1.807, 2.05) is 80.5 Å². The number of alkyl carbamates (subject to hydrolysis) is 1. The molecular weight excluding hydrogens is 454 g/mol. The maximum Gasteiger partial charge on any atom is 0.408 e. The number of carbonyl (C=O) groups excluding carboxylic acids is 3. The molecule has 2 unspecified atom stereocenters. The lowest BCUT2D eigenvalue weighted by molar-refractivity contribution is -0.149. The smallest absolute Gasteiger partial charge is 0.408 e. The van der Waals surface area contributed by atoms with E-state index in [-0.39, 0.29) is 23.8 Å². The molecule has 1 aromatic carbocycles. The van der Waals surface area contributed by atoms with Crippen LogP contribution >= 0.6 is 0 Å². The van der Waals surface area contributed by atoms with Gasteiger partial charge in [-0.05, 0) is 92.2 Å². The average molecular weight is 504 g/mol. The van der Waals surface area contributed by atoms with Crippen molar-refractivity contribution < 1.29 is 19.1 Å². The third-order valence-electron chi connectivity index (χ3n) is 6.12. The Hall–Kier alpha value is -2.57. The maximum atomic E-state index is 14.4. The van der Waals surface area contributed by atoms with E-state index < -0.39 is 29.3 Å². The van der Waals surface area contributed by atoms with Crippen LogP contribution in [0.2, 0.25) is 0 Å². The van der Waals surface area contributed by atoms with Crippen LogP contribution in [-0.2, 0) is 14.3 Å². The Morgan fingerprint density at radius 3 is 2.03 bits per heavy atom. The number of nitrogens with zero attached hydrogens (tertiary/aromatic N) is 1. The number of amides is 3. The summed E-state index contributed by atoms with van der Waals surface area (Å²) in [6, 6.07) is 4.16. The van der Waals surface area contributed by atoms with Crippen molar-refractivity contribution in [2.45, 2.75) is 125 Å². The van der Waals surface area contributed by atoms with Crippen molar-refractivity contribution in [3.8, 4) is 0 Å². The highest BCUT2D eigenvalue weighted by atomic mass is 16.6. The predicted molar refractivity (Wildman–Crippen MR) is 146 cm³/mol. The molecule has 0 aliphatic heterocycles. The lowest BCUT2D eigenvalue weighted by atomic mass is 9.89. The third kappa shape index (κ3) is 9.14. The number of hydrogen-bond acceptors (Lipinski definition) is 4. The van der Waals surface area contributed by atoms with Crippen molar-refractivity contribution in [3.05, 3.63) is 34.9 Å². The summed E-state index contributed by atoms with van der Waals surface area (Å²) in [5.41, 5.74) is 1.34. The van der Waals surface area contributed by atoms with Crippen molar-refractivity contribution in [2.24, 2.45) is 5.92 Å². The molecule has 0 aliphatic rings. The Kier molecular flexibility index (Phi) is 11.0. The first-order chi connectivity index (χ1) is 16.4. The summed E-state index contributed by atoms with van der Waals surface area (Å²) in [6.45, 7) is 23.0. The van der Waals surface area contributed by atoms with Gasteiger partial charge < -0.3 is 20.3 Å². The molecule has 0 fully saturated rings. The molecule has 2 N–H and O–H groups in total. The second-order valence-electron chi connectivity index (χ2n) is 12.1. The first kappa shape index (κ1) is 31.5. The molecule has 7 nitrogen and oxygen atoms in total. The summed E-state index contributed by atoms with van der Waals surface area (Å²) >= 11 is 0. The summed E-state index contributed by atoms with van der Waals surface area (Å²) in [5, 5.41) is 5.84. The highest BCUT2D eigenvalue weighted by Gasteiger charge is 2.43. The lowest BCUT2D eigenvalue weighted by Gasteiger charge is -2.45. The van der Waals surface area contributed by atoms with Crippen LogP contribution in [0, 0.1) is 19.8 Å². The summed E-state index contributed by atoms with van der Waals surface area (Å²) in [4.78, 5) is 42.5. The van der Waals surface area contributed by atoms with Crippen LogP contribution in [0.4, 0.5) is 4.79 Å². The quantitative estimate of drug-likeness (QED) is 0.421. The van der Waals surface area contributed by atoms with Gasteiger partial charge in [-0.15, -0.1) is 0 Å². The monoisotopic (exact) mass is 503 g/mol.